The Bertz CT molecular complexity index is 662. The Balaban J connectivity index is 2.48. The summed E-state index contributed by atoms with van der Waals surface area (Å²) < 4.78 is 19.3. The standard InChI is InChI=1S/C15H15FN2O2S/c1-2-21-13-9-5-8-12(14(13)15(17)18-19)20-11-7-4-3-6-10(11)16/h3-9,19H,2H2,1H3,(H2,17,18). The van der Waals surface area contributed by atoms with Crippen molar-refractivity contribution in [2.24, 2.45) is 10.9 Å². The number of thioether (sulfide) groups is 1. The highest BCUT2D eigenvalue weighted by molar-refractivity contribution is 7.99. The number of para-hydroxylation sites is 1. The van der Waals surface area contributed by atoms with E-state index >= 15 is 0 Å². The summed E-state index contributed by atoms with van der Waals surface area (Å²) in [5, 5.41) is 12.0. The molecule has 0 fully saturated rings. The van der Waals surface area contributed by atoms with Crippen LogP contribution >= 0.6 is 11.8 Å². The number of benzene rings is 2. The first-order chi connectivity index (χ1) is 10.2. The third kappa shape index (κ3) is 3.46. The van der Waals surface area contributed by atoms with Gasteiger partial charge in [0.2, 0.25) is 0 Å². The molecule has 2 aromatic rings. The van der Waals surface area contributed by atoms with Crippen LogP contribution in [0.25, 0.3) is 0 Å². The zero-order valence-electron chi connectivity index (χ0n) is 11.4. The lowest BCUT2D eigenvalue weighted by Gasteiger charge is -2.14. The maximum absolute atomic E-state index is 13.7. The van der Waals surface area contributed by atoms with Crippen molar-refractivity contribution < 1.29 is 14.3 Å². The molecular formula is C15H15FN2O2S. The molecule has 0 spiro atoms. The van der Waals surface area contributed by atoms with Gasteiger partial charge in [-0.3, -0.25) is 0 Å². The Labute approximate surface area is 126 Å². The first-order valence-electron chi connectivity index (χ1n) is 6.33. The van der Waals surface area contributed by atoms with E-state index in [1.165, 1.54) is 23.9 Å². The van der Waals surface area contributed by atoms with E-state index in [0.717, 1.165) is 10.6 Å². The van der Waals surface area contributed by atoms with Gasteiger partial charge in [0.25, 0.3) is 0 Å². The first-order valence-corrected chi connectivity index (χ1v) is 7.32. The van der Waals surface area contributed by atoms with Crippen molar-refractivity contribution in [3.05, 3.63) is 53.8 Å². The van der Waals surface area contributed by atoms with Crippen molar-refractivity contribution in [1.29, 1.82) is 0 Å². The van der Waals surface area contributed by atoms with Gasteiger partial charge in [-0.1, -0.05) is 30.3 Å². The number of hydrogen-bond donors (Lipinski definition) is 2. The summed E-state index contributed by atoms with van der Waals surface area (Å²) in [6.07, 6.45) is 0. The van der Waals surface area contributed by atoms with Crippen LogP contribution in [0.15, 0.2) is 52.5 Å². The molecule has 0 unspecified atom stereocenters. The summed E-state index contributed by atoms with van der Waals surface area (Å²) in [5.41, 5.74) is 6.18. The molecule has 0 aliphatic heterocycles. The molecule has 0 saturated heterocycles. The Hall–Kier alpha value is -2.21. The molecule has 0 saturated carbocycles. The van der Waals surface area contributed by atoms with Crippen molar-refractivity contribution in [1.82, 2.24) is 0 Å². The number of hydrogen-bond acceptors (Lipinski definition) is 4. The highest BCUT2D eigenvalue weighted by Gasteiger charge is 2.16. The molecule has 4 nitrogen and oxygen atoms in total. The zero-order chi connectivity index (χ0) is 15.2. The van der Waals surface area contributed by atoms with Gasteiger partial charge < -0.3 is 15.7 Å². The summed E-state index contributed by atoms with van der Waals surface area (Å²) in [6, 6.07) is 11.4. The monoisotopic (exact) mass is 306 g/mol. The Kier molecular flexibility index (Phi) is 5.05. The summed E-state index contributed by atoms with van der Waals surface area (Å²) in [7, 11) is 0. The van der Waals surface area contributed by atoms with E-state index in [0.29, 0.717) is 11.3 Å². The SMILES string of the molecule is CCSc1cccc(Oc2ccccc2F)c1/C(N)=N/O. The molecule has 0 aliphatic carbocycles. The quantitative estimate of drug-likeness (QED) is 0.290. The number of amidine groups is 1. The van der Waals surface area contributed by atoms with Crippen molar-refractivity contribution in [2.75, 3.05) is 5.75 Å². The average Bonchev–Trinajstić information content (AvgIpc) is 2.49. The smallest absolute Gasteiger partial charge is 0.175 e. The van der Waals surface area contributed by atoms with Crippen LogP contribution in [0.2, 0.25) is 0 Å². The van der Waals surface area contributed by atoms with Crippen LogP contribution in [0.5, 0.6) is 11.5 Å². The largest absolute Gasteiger partial charge is 0.453 e. The number of rotatable bonds is 5. The molecule has 2 rings (SSSR count). The molecule has 0 aromatic heterocycles. The second-order valence-electron chi connectivity index (χ2n) is 4.08. The summed E-state index contributed by atoms with van der Waals surface area (Å²) in [5.74, 6) is 0.695. The Morgan fingerprint density at radius 1 is 1.24 bits per heavy atom. The van der Waals surface area contributed by atoms with E-state index in [4.69, 9.17) is 15.7 Å². The molecule has 3 N–H and O–H groups in total. The number of nitrogens with zero attached hydrogens (tertiary/aromatic N) is 1. The number of ether oxygens (including phenoxy) is 1. The van der Waals surface area contributed by atoms with E-state index in [-0.39, 0.29) is 11.6 Å². The lowest BCUT2D eigenvalue weighted by molar-refractivity contribution is 0.318. The van der Waals surface area contributed by atoms with Crippen LogP contribution in [-0.4, -0.2) is 16.8 Å². The zero-order valence-corrected chi connectivity index (χ0v) is 12.2. The predicted octanol–water partition coefficient (Wildman–Crippen LogP) is 3.82. The highest BCUT2D eigenvalue weighted by atomic mass is 32.2. The van der Waals surface area contributed by atoms with Gasteiger partial charge in [0.05, 0.1) is 5.56 Å². The Morgan fingerprint density at radius 3 is 2.62 bits per heavy atom. The van der Waals surface area contributed by atoms with Crippen LogP contribution in [-0.2, 0) is 0 Å². The lowest BCUT2D eigenvalue weighted by Crippen LogP contribution is -2.15. The number of nitrogens with two attached hydrogens (primary N) is 1. The first kappa shape index (κ1) is 15.2. The van der Waals surface area contributed by atoms with Crippen molar-refractivity contribution >= 4 is 17.6 Å². The molecule has 110 valence electrons. The van der Waals surface area contributed by atoms with Crippen molar-refractivity contribution in [2.45, 2.75) is 11.8 Å². The van der Waals surface area contributed by atoms with E-state index in [1.54, 1.807) is 24.3 Å². The van der Waals surface area contributed by atoms with E-state index in [9.17, 15) is 4.39 Å². The average molecular weight is 306 g/mol. The fourth-order valence-electron chi connectivity index (χ4n) is 1.82. The molecule has 6 heteroatoms. The molecule has 2 aromatic carbocycles. The van der Waals surface area contributed by atoms with Gasteiger partial charge in [-0.05, 0) is 30.0 Å². The Morgan fingerprint density at radius 2 is 1.95 bits per heavy atom. The lowest BCUT2D eigenvalue weighted by atomic mass is 10.2. The third-order valence-corrected chi connectivity index (χ3v) is 3.65. The van der Waals surface area contributed by atoms with E-state index in [2.05, 4.69) is 5.16 Å². The van der Waals surface area contributed by atoms with Crippen LogP contribution < -0.4 is 10.5 Å². The summed E-state index contributed by atoms with van der Waals surface area (Å²) in [4.78, 5) is 0.807. The van der Waals surface area contributed by atoms with Crippen LogP contribution in [0.1, 0.15) is 12.5 Å². The minimum absolute atomic E-state index is 0.0714. The summed E-state index contributed by atoms with van der Waals surface area (Å²) in [6.45, 7) is 1.99. The molecule has 0 heterocycles. The molecule has 0 amide bonds. The normalized spacial score (nSPS) is 11.4. The third-order valence-electron chi connectivity index (χ3n) is 2.71. The molecule has 0 aliphatic rings. The molecule has 0 bridgehead atoms. The van der Waals surface area contributed by atoms with Crippen LogP contribution in [0, 0.1) is 5.82 Å². The minimum Gasteiger partial charge on any atom is -0.453 e. The van der Waals surface area contributed by atoms with Crippen molar-refractivity contribution in [3.63, 3.8) is 0 Å². The van der Waals surface area contributed by atoms with Crippen LogP contribution in [0.3, 0.4) is 0 Å². The van der Waals surface area contributed by atoms with Gasteiger partial charge in [-0.25, -0.2) is 4.39 Å². The van der Waals surface area contributed by atoms with Crippen molar-refractivity contribution in [3.8, 4) is 11.5 Å². The minimum atomic E-state index is -0.475. The maximum Gasteiger partial charge on any atom is 0.175 e. The fraction of sp³-hybridized carbons (Fsp3) is 0.133. The molecular weight excluding hydrogens is 291 g/mol. The van der Waals surface area contributed by atoms with E-state index in [1.807, 2.05) is 13.0 Å². The van der Waals surface area contributed by atoms with Crippen LogP contribution in [0.4, 0.5) is 4.39 Å². The van der Waals surface area contributed by atoms with Gasteiger partial charge in [0, 0.05) is 4.90 Å². The predicted molar refractivity (Wildman–Crippen MR) is 81.8 cm³/mol. The van der Waals surface area contributed by atoms with Gasteiger partial charge in [0.1, 0.15) is 5.75 Å². The number of oxime groups is 1. The van der Waals surface area contributed by atoms with E-state index < -0.39 is 5.82 Å². The molecule has 21 heavy (non-hydrogen) atoms. The van der Waals surface area contributed by atoms with Gasteiger partial charge in [-0.2, -0.15) is 0 Å². The van der Waals surface area contributed by atoms with Gasteiger partial charge in [0.15, 0.2) is 17.4 Å². The second kappa shape index (κ2) is 6.99. The fourth-order valence-corrected chi connectivity index (χ4v) is 2.66. The topological polar surface area (TPSA) is 67.8 Å². The molecule has 0 radical (unpaired) electrons. The van der Waals surface area contributed by atoms with Gasteiger partial charge in [-0.15, -0.1) is 11.8 Å². The maximum atomic E-state index is 13.7. The highest BCUT2D eigenvalue weighted by Crippen LogP contribution is 2.33. The summed E-state index contributed by atoms with van der Waals surface area (Å²) >= 11 is 1.53. The van der Waals surface area contributed by atoms with Gasteiger partial charge >= 0.3 is 0 Å². The number of halogens is 1. The second-order valence-corrected chi connectivity index (χ2v) is 5.39. The molecule has 0 atom stereocenters.